The molecule has 2 rings (SSSR count). The molecule has 96 valence electrons. The highest BCUT2D eigenvalue weighted by Crippen LogP contribution is 2.11. The van der Waals surface area contributed by atoms with Crippen LogP contribution in [0.1, 0.15) is 18.1 Å². The molecule has 2 aromatic carbocycles. The largest absolute Gasteiger partial charge is 0.245 e. The lowest BCUT2D eigenvalue weighted by molar-refractivity contribution is 0.579. The zero-order valence-corrected chi connectivity index (χ0v) is 10.8. The lowest BCUT2D eigenvalue weighted by atomic mass is 10.0. The Bertz CT molecular complexity index is 533. The van der Waals surface area contributed by atoms with Gasteiger partial charge in [0.2, 0.25) is 0 Å². The van der Waals surface area contributed by atoms with Crippen LogP contribution >= 0.6 is 0 Å². The second kappa shape index (κ2) is 6.59. The number of hydrogen-bond donors (Lipinski definition) is 0. The van der Waals surface area contributed by atoms with E-state index in [2.05, 4.69) is 10.2 Å². The molecule has 0 saturated heterocycles. The molecule has 0 spiro atoms. The van der Waals surface area contributed by atoms with Gasteiger partial charge < -0.3 is 0 Å². The minimum absolute atomic E-state index is 0.365. The van der Waals surface area contributed by atoms with Gasteiger partial charge >= 0.3 is 0 Å². The molecule has 0 aliphatic rings. The number of benzene rings is 2. The Morgan fingerprint density at radius 3 is 1.74 bits per heavy atom. The van der Waals surface area contributed by atoms with E-state index in [1.165, 1.54) is 0 Å². The number of rotatable bonds is 4. The van der Waals surface area contributed by atoms with Crippen molar-refractivity contribution in [3.63, 3.8) is 0 Å². The van der Waals surface area contributed by atoms with E-state index in [1.807, 2.05) is 60.7 Å². The fourth-order valence-electron chi connectivity index (χ4n) is 1.64. The SMILES string of the molecule is C/C(CF)=N\N=C(c1ccccc1)c1ccccc1. The first kappa shape index (κ1) is 13.1. The minimum atomic E-state index is -0.583. The predicted octanol–water partition coefficient (Wildman–Crippen LogP) is 3.87. The van der Waals surface area contributed by atoms with Gasteiger partial charge in [0.05, 0.1) is 5.71 Å². The van der Waals surface area contributed by atoms with E-state index in [1.54, 1.807) is 6.92 Å². The summed E-state index contributed by atoms with van der Waals surface area (Å²) in [5.74, 6) is 0. The third-order valence-corrected chi connectivity index (χ3v) is 2.61. The summed E-state index contributed by atoms with van der Waals surface area (Å²) in [7, 11) is 0. The maximum Gasteiger partial charge on any atom is 0.129 e. The molecule has 0 aliphatic carbocycles. The maximum absolute atomic E-state index is 12.4. The molecule has 0 radical (unpaired) electrons. The van der Waals surface area contributed by atoms with Crippen molar-refractivity contribution in [1.82, 2.24) is 0 Å². The monoisotopic (exact) mass is 254 g/mol. The van der Waals surface area contributed by atoms with Gasteiger partial charge in [-0.2, -0.15) is 5.10 Å². The van der Waals surface area contributed by atoms with Gasteiger partial charge in [-0.05, 0) is 6.92 Å². The molecule has 0 atom stereocenters. The van der Waals surface area contributed by atoms with Gasteiger partial charge in [-0.25, -0.2) is 4.39 Å². The average Bonchev–Trinajstić information content (AvgIpc) is 2.49. The Morgan fingerprint density at radius 1 is 0.842 bits per heavy atom. The topological polar surface area (TPSA) is 24.7 Å². The predicted molar refractivity (Wildman–Crippen MR) is 77.6 cm³/mol. The summed E-state index contributed by atoms with van der Waals surface area (Å²) >= 11 is 0. The summed E-state index contributed by atoms with van der Waals surface area (Å²) in [5, 5.41) is 8.12. The number of nitrogens with zero attached hydrogens (tertiary/aromatic N) is 2. The average molecular weight is 254 g/mol. The summed E-state index contributed by atoms with van der Waals surface area (Å²) < 4.78 is 12.4. The van der Waals surface area contributed by atoms with E-state index >= 15 is 0 Å². The van der Waals surface area contributed by atoms with Gasteiger partial charge in [-0.3, -0.25) is 0 Å². The molecule has 0 heterocycles. The molecule has 0 aromatic heterocycles. The molecule has 0 N–H and O–H groups in total. The van der Waals surface area contributed by atoms with E-state index in [9.17, 15) is 4.39 Å². The van der Waals surface area contributed by atoms with Crippen LogP contribution < -0.4 is 0 Å². The molecule has 2 nitrogen and oxygen atoms in total. The van der Waals surface area contributed by atoms with Crippen LogP contribution in [0.4, 0.5) is 4.39 Å². The van der Waals surface area contributed by atoms with Crippen LogP contribution in [0.5, 0.6) is 0 Å². The van der Waals surface area contributed by atoms with Gasteiger partial charge in [0.25, 0.3) is 0 Å². The van der Waals surface area contributed by atoms with E-state index in [4.69, 9.17) is 0 Å². The minimum Gasteiger partial charge on any atom is -0.245 e. The first-order valence-electron chi connectivity index (χ1n) is 6.09. The van der Waals surface area contributed by atoms with Crippen molar-refractivity contribution >= 4 is 11.4 Å². The summed E-state index contributed by atoms with van der Waals surface area (Å²) in [4.78, 5) is 0. The number of hydrogen-bond acceptors (Lipinski definition) is 2. The van der Waals surface area contributed by atoms with Crippen LogP contribution in [0.25, 0.3) is 0 Å². The molecule has 0 aliphatic heterocycles. The van der Waals surface area contributed by atoms with Crippen LogP contribution in [0.3, 0.4) is 0 Å². The van der Waals surface area contributed by atoms with Crippen molar-refractivity contribution in [1.29, 1.82) is 0 Å². The molecule has 0 saturated carbocycles. The lowest BCUT2D eigenvalue weighted by Crippen LogP contribution is -2.03. The highest BCUT2D eigenvalue weighted by atomic mass is 19.1. The smallest absolute Gasteiger partial charge is 0.129 e. The first-order chi connectivity index (χ1) is 9.31. The van der Waals surface area contributed by atoms with Crippen LogP contribution in [-0.4, -0.2) is 18.1 Å². The summed E-state index contributed by atoms with van der Waals surface area (Å²) in [6, 6.07) is 19.5. The quantitative estimate of drug-likeness (QED) is 0.584. The molecule has 0 unspecified atom stereocenters. The van der Waals surface area contributed by atoms with E-state index in [0.717, 1.165) is 16.8 Å². The van der Waals surface area contributed by atoms with E-state index in [-0.39, 0.29) is 0 Å². The highest BCUT2D eigenvalue weighted by Gasteiger charge is 2.05. The van der Waals surface area contributed by atoms with Crippen LogP contribution in [0.2, 0.25) is 0 Å². The first-order valence-corrected chi connectivity index (χ1v) is 6.09. The highest BCUT2D eigenvalue weighted by molar-refractivity contribution is 6.13. The molecular weight excluding hydrogens is 239 g/mol. The molecule has 3 heteroatoms. The molecule has 0 amide bonds. The normalized spacial score (nSPS) is 11.2. The Hall–Kier alpha value is -2.29. The zero-order valence-electron chi connectivity index (χ0n) is 10.8. The Balaban J connectivity index is 2.46. The summed E-state index contributed by atoms with van der Waals surface area (Å²) in [6.45, 7) is 1.04. The molecule has 0 fully saturated rings. The van der Waals surface area contributed by atoms with Crippen molar-refractivity contribution < 1.29 is 4.39 Å². The Labute approximate surface area is 112 Å². The van der Waals surface area contributed by atoms with Crippen molar-refractivity contribution in [3.8, 4) is 0 Å². The second-order valence-electron chi connectivity index (χ2n) is 4.15. The standard InChI is InChI=1S/C16H15FN2/c1-13(12-17)18-19-16(14-8-4-2-5-9-14)15-10-6-3-7-11-15/h2-11H,12H2,1H3/b18-13+. The third kappa shape index (κ3) is 3.58. The van der Waals surface area contributed by atoms with Crippen LogP contribution in [0.15, 0.2) is 70.9 Å². The van der Waals surface area contributed by atoms with Crippen LogP contribution in [0, 0.1) is 0 Å². The summed E-state index contributed by atoms with van der Waals surface area (Å²) in [5.41, 5.74) is 3.03. The number of alkyl halides is 1. The fraction of sp³-hybridized carbons (Fsp3) is 0.125. The van der Waals surface area contributed by atoms with Gasteiger partial charge in [-0.15, -0.1) is 5.10 Å². The Kier molecular flexibility index (Phi) is 4.56. The maximum atomic E-state index is 12.4. The van der Waals surface area contributed by atoms with E-state index < -0.39 is 6.67 Å². The van der Waals surface area contributed by atoms with Crippen LogP contribution in [-0.2, 0) is 0 Å². The van der Waals surface area contributed by atoms with Crippen molar-refractivity contribution in [3.05, 3.63) is 71.8 Å². The lowest BCUT2D eigenvalue weighted by Gasteiger charge is -2.05. The molecule has 19 heavy (non-hydrogen) atoms. The van der Waals surface area contributed by atoms with Crippen molar-refractivity contribution in [2.75, 3.05) is 6.67 Å². The number of halogens is 1. The van der Waals surface area contributed by atoms with Gasteiger partial charge in [0, 0.05) is 11.1 Å². The van der Waals surface area contributed by atoms with Crippen molar-refractivity contribution in [2.45, 2.75) is 6.92 Å². The summed E-state index contributed by atoms with van der Waals surface area (Å²) in [6.07, 6.45) is 0. The Morgan fingerprint density at radius 2 is 1.32 bits per heavy atom. The van der Waals surface area contributed by atoms with Gasteiger partial charge in [0.1, 0.15) is 12.4 Å². The van der Waals surface area contributed by atoms with Gasteiger partial charge in [0.15, 0.2) is 0 Å². The fourth-order valence-corrected chi connectivity index (χ4v) is 1.64. The van der Waals surface area contributed by atoms with Crippen molar-refractivity contribution in [2.24, 2.45) is 10.2 Å². The molecular formula is C16H15FN2. The molecule has 2 aromatic rings. The molecule has 0 bridgehead atoms. The van der Waals surface area contributed by atoms with E-state index in [0.29, 0.717) is 5.71 Å². The second-order valence-corrected chi connectivity index (χ2v) is 4.15. The van der Waals surface area contributed by atoms with Gasteiger partial charge in [-0.1, -0.05) is 60.7 Å². The third-order valence-electron chi connectivity index (χ3n) is 2.61. The zero-order chi connectivity index (χ0) is 13.5.